The lowest BCUT2D eigenvalue weighted by Gasteiger charge is -2.40. The largest absolute Gasteiger partial charge is 0.466 e. The number of Topliss-reactive ketones (excluding diaryl/α,β-unsaturated/α-hetero) is 1. The Morgan fingerprint density at radius 2 is 2.31 bits per heavy atom. The second-order valence-electron chi connectivity index (χ2n) is 4.84. The number of rotatable bonds is 3. The minimum atomic E-state index is -0.457. The molecule has 0 heterocycles. The van der Waals surface area contributed by atoms with Crippen molar-refractivity contribution in [2.24, 2.45) is 17.3 Å². The van der Waals surface area contributed by atoms with Crippen LogP contribution in [0.3, 0.4) is 0 Å². The van der Waals surface area contributed by atoms with Gasteiger partial charge in [-0.3, -0.25) is 9.59 Å². The van der Waals surface area contributed by atoms with Gasteiger partial charge in [0.1, 0.15) is 5.78 Å². The number of ether oxygens (including phenoxy) is 1. The molecule has 90 valence electrons. The normalized spacial score (nSPS) is 34.6. The standard InChI is InChI=1S/C13H20O3/c1-5-13(4)8-10(14)7-9(3)11(13)12(15)16-6-2/h5,9,11H,1,6-8H2,2-4H3/t9-,11-,13-/m1/s1. The van der Waals surface area contributed by atoms with Crippen LogP contribution in [-0.2, 0) is 14.3 Å². The van der Waals surface area contributed by atoms with Crippen LogP contribution in [0.2, 0.25) is 0 Å². The molecule has 1 saturated carbocycles. The van der Waals surface area contributed by atoms with Gasteiger partial charge in [-0.1, -0.05) is 19.9 Å². The second-order valence-corrected chi connectivity index (χ2v) is 4.84. The Bertz CT molecular complexity index is 308. The summed E-state index contributed by atoms with van der Waals surface area (Å²) in [6.07, 6.45) is 2.58. The van der Waals surface area contributed by atoms with Crippen molar-refractivity contribution in [2.75, 3.05) is 6.61 Å². The second kappa shape index (κ2) is 4.81. The third-order valence-corrected chi connectivity index (χ3v) is 3.41. The van der Waals surface area contributed by atoms with Crippen LogP contribution in [0.1, 0.15) is 33.6 Å². The number of esters is 1. The molecule has 0 aromatic heterocycles. The van der Waals surface area contributed by atoms with E-state index < -0.39 is 5.41 Å². The molecule has 1 rings (SSSR count). The number of allylic oxidation sites excluding steroid dienone is 1. The molecule has 1 aliphatic carbocycles. The van der Waals surface area contributed by atoms with Crippen LogP contribution >= 0.6 is 0 Å². The number of hydrogen-bond acceptors (Lipinski definition) is 3. The SMILES string of the molecule is C=C[C@]1(C)CC(=O)C[C@@H](C)[C@@H]1C(=O)OCC. The summed E-state index contributed by atoms with van der Waals surface area (Å²) in [7, 11) is 0. The van der Waals surface area contributed by atoms with E-state index in [1.54, 1.807) is 13.0 Å². The van der Waals surface area contributed by atoms with Crippen molar-refractivity contribution >= 4 is 11.8 Å². The van der Waals surface area contributed by atoms with Gasteiger partial charge in [-0.15, -0.1) is 6.58 Å². The first kappa shape index (κ1) is 12.9. The fourth-order valence-electron chi connectivity index (χ4n) is 2.67. The van der Waals surface area contributed by atoms with Crippen LogP contribution in [0, 0.1) is 17.3 Å². The molecule has 1 fully saturated rings. The Morgan fingerprint density at radius 3 is 2.81 bits per heavy atom. The fraction of sp³-hybridized carbons (Fsp3) is 0.692. The van der Waals surface area contributed by atoms with E-state index in [0.717, 1.165) is 0 Å². The van der Waals surface area contributed by atoms with E-state index in [9.17, 15) is 9.59 Å². The van der Waals surface area contributed by atoms with E-state index in [1.165, 1.54) is 0 Å². The maximum absolute atomic E-state index is 11.9. The average Bonchev–Trinajstić information content (AvgIpc) is 2.16. The molecular weight excluding hydrogens is 204 g/mol. The lowest BCUT2D eigenvalue weighted by Crippen LogP contribution is -2.43. The summed E-state index contributed by atoms with van der Waals surface area (Å²) >= 11 is 0. The first-order valence-corrected chi connectivity index (χ1v) is 5.76. The highest BCUT2D eigenvalue weighted by Crippen LogP contribution is 2.44. The van der Waals surface area contributed by atoms with Gasteiger partial charge < -0.3 is 4.74 Å². The summed E-state index contributed by atoms with van der Waals surface area (Å²) in [5, 5.41) is 0. The molecule has 0 spiro atoms. The van der Waals surface area contributed by atoms with Gasteiger partial charge >= 0.3 is 5.97 Å². The van der Waals surface area contributed by atoms with Gasteiger partial charge in [-0.25, -0.2) is 0 Å². The number of carbonyl (C=O) groups is 2. The van der Waals surface area contributed by atoms with E-state index >= 15 is 0 Å². The molecule has 16 heavy (non-hydrogen) atoms. The molecule has 0 aromatic carbocycles. The highest BCUT2D eigenvalue weighted by atomic mass is 16.5. The Morgan fingerprint density at radius 1 is 1.69 bits per heavy atom. The van der Waals surface area contributed by atoms with Gasteiger partial charge in [0.2, 0.25) is 0 Å². The molecule has 0 aromatic rings. The molecular formula is C13H20O3. The van der Waals surface area contributed by atoms with E-state index in [-0.39, 0.29) is 23.6 Å². The lowest BCUT2D eigenvalue weighted by molar-refractivity contribution is -0.157. The van der Waals surface area contributed by atoms with Crippen LogP contribution in [-0.4, -0.2) is 18.4 Å². The third kappa shape index (κ3) is 2.34. The molecule has 3 nitrogen and oxygen atoms in total. The number of ketones is 1. The zero-order chi connectivity index (χ0) is 12.3. The van der Waals surface area contributed by atoms with E-state index in [1.807, 2.05) is 13.8 Å². The monoisotopic (exact) mass is 224 g/mol. The summed E-state index contributed by atoms with van der Waals surface area (Å²) in [5.41, 5.74) is -0.457. The predicted octanol–water partition coefficient (Wildman–Crippen LogP) is 2.36. The summed E-state index contributed by atoms with van der Waals surface area (Å²) in [6, 6.07) is 0. The van der Waals surface area contributed by atoms with Gasteiger partial charge in [0.15, 0.2) is 0 Å². The summed E-state index contributed by atoms with van der Waals surface area (Å²) in [5.74, 6) is -0.216. The fourth-order valence-corrected chi connectivity index (χ4v) is 2.67. The van der Waals surface area contributed by atoms with E-state index in [4.69, 9.17) is 4.74 Å². The molecule has 0 unspecified atom stereocenters. The topological polar surface area (TPSA) is 43.4 Å². The maximum atomic E-state index is 11.9. The van der Waals surface area contributed by atoms with Crippen molar-refractivity contribution in [3.05, 3.63) is 12.7 Å². The lowest BCUT2D eigenvalue weighted by atomic mass is 9.63. The Kier molecular flexibility index (Phi) is 3.89. The van der Waals surface area contributed by atoms with Crippen molar-refractivity contribution < 1.29 is 14.3 Å². The van der Waals surface area contributed by atoms with Gasteiger partial charge in [0.25, 0.3) is 0 Å². The number of carbonyl (C=O) groups excluding carboxylic acids is 2. The quantitative estimate of drug-likeness (QED) is 0.546. The Labute approximate surface area is 96.9 Å². The molecule has 0 radical (unpaired) electrons. The van der Waals surface area contributed by atoms with Crippen LogP contribution in [0.5, 0.6) is 0 Å². The summed E-state index contributed by atoms with van der Waals surface area (Å²) < 4.78 is 5.09. The van der Waals surface area contributed by atoms with E-state index in [0.29, 0.717) is 19.4 Å². The molecule has 0 aliphatic heterocycles. The van der Waals surface area contributed by atoms with E-state index in [2.05, 4.69) is 6.58 Å². The molecule has 0 amide bonds. The third-order valence-electron chi connectivity index (χ3n) is 3.41. The molecule has 0 bridgehead atoms. The maximum Gasteiger partial charge on any atom is 0.310 e. The summed E-state index contributed by atoms with van der Waals surface area (Å²) in [4.78, 5) is 23.5. The minimum absolute atomic E-state index is 0.0308. The average molecular weight is 224 g/mol. The van der Waals surface area contributed by atoms with Gasteiger partial charge in [-0.05, 0) is 12.8 Å². The van der Waals surface area contributed by atoms with Crippen LogP contribution in [0.4, 0.5) is 0 Å². The number of hydrogen-bond donors (Lipinski definition) is 0. The highest BCUT2D eigenvalue weighted by molar-refractivity contribution is 5.85. The van der Waals surface area contributed by atoms with Gasteiger partial charge in [-0.2, -0.15) is 0 Å². The van der Waals surface area contributed by atoms with Crippen molar-refractivity contribution in [1.82, 2.24) is 0 Å². The molecule has 3 heteroatoms. The van der Waals surface area contributed by atoms with Crippen molar-refractivity contribution in [1.29, 1.82) is 0 Å². The van der Waals surface area contributed by atoms with Crippen molar-refractivity contribution in [2.45, 2.75) is 33.6 Å². The van der Waals surface area contributed by atoms with Crippen molar-refractivity contribution in [3.63, 3.8) is 0 Å². The van der Waals surface area contributed by atoms with Gasteiger partial charge in [0, 0.05) is 18.3 Å². The molecule has 1 aliphatic rings. The minimum Gasteiger partial charge on any atom is -0.466 e. The van der Waals surface area contributed by atoms with Crippen LogP contribution in [0.25, 0.3) is 0 Å². The first-order chi connectivity index (χ1) is 7.44. The first-order valence-electron chi connectivity index (χ1n) is 5.76. The van der Waals surface area contributed by atoms with Crippen LogP contribution < -0.4 is 0 Å². The molecule has 0 N–H and O–H groups in total. The molecule has 0 saturated heterocycles. The highest BCUT2D eigenvalue weighted by Gasteiger charge is 2.46. The Hall–Kier alpha value is -1.12. The smallest absolute Gasteiger partial charge is 0.310 e. The zero-order valence-electron chi connectivity index (χ0n) is 10.3. The summed E-state index contributed by atoms with van der Waals surface area (Å²) in [6.45, 7) is 9.77. The van der Waals surface area contributed by atoms with Crippen LogP contribution in [0.15, 0.2) is 12.7 Å². The molecule has 3 atom stereocenters. The van der Waals surface area contributed by atoms with Gasteiger partial charge in [0.05, 0.1) is 12.5 Å². The zero-order valence-corrected chi connectivity index (χ0v) is 10.3. The van der Waals surface area contributed by atoms with Crippen molar-refractivity contribution in [3.8, 4) is 0 Å². The Balaban J connectivity index is 2.96. The predicted molar refractivity (Wildman–Crippen MR) is 61.8 cm³/mol.